The summed E-state index contributed by atoms with van der Waals surface area (Å²) < 4.78 is 44.7. The number of nitrogens with one attached hydrogen (secondary N) is 1. The molecule has 3 N–H and O–H groups in total. The molecule has 1 aliphatic heterocycles. The van der Waals surface area contributed by atoms with Crippen molar-refractivity contribution in [3.63, 3.8) is 0 Å². The molecule has 2 rings (SSSR count). The van der Waals surface area contributed by atoms with Gasteiger partial charge in [0.25, 0.3) is 5.56 Å². The molecule has 0 aliphatic carbocycles. The lowest BCUT2D eigenvalue weighted by atomic mass is 10.0. The number of ether oxygens (including phenoxy) is 1. The van der Waals surface area contributed by atoms with E-state index in [2.05, 4.69) is 0 Å². The van der Waals surface area contributed by atoms with Crippen LogP contribution in [0.15, 0.2) is 15.8 Å². The molecule has 1 fully saturated rings. The number of hydrogen-bond acceptors (Lipinski definition) is 6. The highest BCUT2D eigenvalue weighted by molar-refractivity contribution is 5.11. The van der Waals surface area contributed by atoms with Gasteiger partial charge in [-0.25, -0.2) is 4.79 Å². The van der Waals surface area contributed by atoms with E-state index in [9.17, 15) is 27.9 Å². The van der Waals surface area contributed by atoms with Crippen LogP contribution in [-0.4, -0.2) is 38.6 Å². The average Bonchev–Trinajstić information content (AvgIpc) is 2.81. The molecule has 8 nitrogen and oxygen atoms in total. The molecule has 0 aromatic carbocycles. The van der Waals surface area contributed by atoms with Gasteiger partial charge in [0.2, 0.25) is 0 Å². The van der Waals surface area contributed by atoms with E-state index in [1.165, 1.54) is 0 Å². The summed E-state index contributed by atoms with van der Waals surface area (Å²) in [6.07, 6.45) is -7.78. The fourth-order valence-electron chi connectivity index (χ4n) is 2.69. The minimum Gasteiger partial charge on any atom is -0.394 e. The Morgan fingerprint density at radius 3 is 2.67 bits per heavy atom. The smallest absolute Gasteiger partial charge is 0.394 e. The number of aliphatic hydroxyl groups excluding tert-OH is 2. The van der Waals surface area contributed by atoms with E-state index in [-0.39, 0.29) is 19.3 Å². The van der Waals surface area contributed by atoms with Crippen molar-refractivity contribution in [2.45, 2.75) is 43.4 Å². The van der Waals surface area contributed by atoms with E-state index in [1.807, 2.05) is 0 Å². The lowest BCUT2D eigenvalue weighted by Gasteiger charge is -2.30. The topological polar surface area (TPSA) is 128 Å². The van der Waals surface area contributed by atoms with Crippen LogP contribution in [0.1, 0.15) is 24.8 Å². The summed E-state index contributed by atoms with van der Waals surface area (Å²) in [5.74, 6) is 0. The highest BCUT2D eigenvalue weighted by Crippen LogP contribution is 2.38. The van der Waals surface area contributed by atoms with Crippen molar-refractivity contribution >= 4 is 0 Å². The van der Waals surface area contributed by atoms with Crippen LogP contribution in [0.3, 0.4) is 0 Å². The predicted octanol–water partition coefficient (Wildman–Crippen LogP) is -0.346. The van der Waals surface area contributed by atoms with E-state index < -0.39 is 47.5 Å². The van der Waals surface area contributed by atoms with Gasteiger partial charge in [-0.15, -0.1) is 0 Å². The van der Waals surface area contributed by atoms with Gasteiger partial charge in [0, 0.05) is 25.5 Å². The van der Waals surface area contributed by atoms with Crippen molar-refractivity contribution in [1.82, 2.24) is 9.55 Å². The van der Waals surface area contributed by atoms with Crippen LogP contribution >= 0.6 is 0 Å². The molecule has 24 heavy (non-hydrogen) atoms. The summed E-state index contributed by atoms with van der Waals surface area (Å²) in [4.78, 5) is 25.0. The lowest BCUT2D eigenvalue weighted by Crippen LogP contribution is -2.46. The monoisotopic (exact) mass is 349 g/mol. The Morgan fingerprint density at radius 2 is 2.17 bits per heavy atom. The summed E-state index contributed by atoms with van der Waals surface area (Å²) in [6, 6.07) is 1.78. The maximum absolute atomic E-state index is 12.9. The Bertz CT molecular complexity index is 766. The first-order chi connectivity index (χ1) is 11.1. The van der Waals surface area contributed by atoms with E-state index in [0.29, 0.717) is 10.8 Å². The lowest BCUT2D eigenvalue weighted by molar-refractivity contribution is -0.143. The number of nitriles is 1. The third-order valence-electron chi connectivity index (χ3n) is 3.82. The maximum Gasteiger partial charge on any atom is 0.423 e. The zero-order chi connectivity index (χ0) is 18.1. The molecule has 1 aromatic rings. The number of hydrogen-bond donors (Lipinski definition) is 3. The van der Waals surface area contributed by atoms with Crippen LogP contribution in [-0.2, 0) is 16.6 Å². The third kappa shape index (κ3) is 3.21. The standard InChI is InChI=1S/C13H14F3N3O5/c14-13(15,16)7-5-19(11(23)18-10(7)22)12(2-1-3-17)4-8(21)9(6-20)24-12/h5,8-9,20-21H,1-2,4,6H2,(H,18,22,23)/t8-,9+,12+/m0/s1. The number of nitrogens with zero attached hydrogens (tertiary/aromatic N) is 2. The van der Waals surface area contributed by atoms with Gasteiger partial charge in [0.05, 0.1) is 18.8 Å². The van der Waals surface area contributed by atoms with Crippen LogP contribution < -0.4 is 11.2 Å². The Hall–Kier alpha value is -2.16. The molecule has 1 aromatic heterocycles. The summed E-state index contributed by atoms with van der Waals surface area (Å²) in [7, 11) is 0. The number of rotatable bonds is 4. The summed E-state index contributed by atoms with van der Waals surface area (Å²) in [5.41, 5.74) is -6.15. The number of halogens is 3. The molecule has 0 amide bonds. The summed E-state index contributed by atoms with van der Waals surface area (Å²) in [5, 5.41) is 27.8. The van der Waals surface area contributed by atoms with Crippen LogP contribution in [0.2, 0.25) is 0 Å². The van der Waals surface area contributed by atoms with Crippen LogP contribution in [0.25, 0.3) is 0 Å². The molecular formula is C13H14F3N3O5. The molecule has 132 valence electrons. The van der Waals surface area contributed by atoms with Crippen molar-refractivity contribution in [2.75, 3.05) is 6.61 Å². The number of aromatic nitrogens is 2. The molecule has 11 heteroatoms. The van der Waals surface area contributed by atoms with E-state index in [4.69, 9.17) is 15.1 Å². The second-order valence-electron chi connectivity index (χ2n) is 5.38. The normalized spacial score (nSPS) is 27.2. The van der Waals surface area contributed by atoms with Crippen molar-refractivity contribution in [2.24, 2.45) is 0 Å². The first kappa shape index (κ1) is 18.2. The average molecular weight is 349 g/mol. The molecule has 0 saturated carbocycles. The zero-order valence-electron chi connectivity index (χ0n) is 12.2. The van der Waals surface area contributed by atoms with Gasteiger partial charge in [0.15, 0.2) is 5.72 Å². The molecule has 0 spiro atoms. The molecule has 1 saturated heterocycles. The van der Waals surface area contributed by atoms with E-state index >= 15 is 0 Å². The minimum atomic E-state index is -5.01. The van der Waals surface area contributed by atoms with E-state index in [0.717, 1.165) is 0 Å². The van der Waals surface area contributed by atoms with Gasteiger partial charge >= 0.3 is 11.9 Å². The predicted molar refractivity (Wildman–Crippen MR) is 71.7 cm³/mol. The number of H-pyrrole nitrogens is 1. The molecule has 1 aliphatic rings. The van der Waals surface area contributed by atoms with Gasteiger partial charge in [-0.2, -0.15) is 18.4 Å². The second-order valence-corrected chi connectivity index (χ2v) is 5.38. The van der Waals surface area contributed by atoms with Crippen LogP contribution in [0.5, 0.6) is 0 Å². The zero-order valence-corrected chi connectivity index (χ0v) is 12.2. The fraction of sp³-hybridized carbons (Fsp3) is 0.615. The Morgan fingerprint density at radius 1 is 1.50 bits per heavy atom. The fourth-order valence-corrected chi connectivity index (χ4v) is 2.69. The van der Waals surface area contributed by atoms with Crippen LogP contribution in [0.4, 0.5) is 13.2 Å². The maximum atomic E-state index is 12.9. The van der Waals surface area contributed by atoms with Crippen molar-refractivity contribution < 1.29 is 28.1 Å². The van der Waals surface area contributed by atoms with Gasteiger partial charge in [-0.1, -0.05) is 0 Å². The highest BCUT2D eigenvalue weighted by Gasteiger charge is 2.48. The summed E-state index contributed by atoms with van der Waals surface area (Å²) in [6.45, 7) is -0.625. The first-order valence-corrected chi connectivity index (χ1v) is 6.92. The highest BCUT2D eigenvalue weighted by atomic mass is 19.4. The van der Waals surface area contributed by atoms with Crippen molar-refractivity contribution in [3.05, 3.63) is 32.6 Å². The largest absolute Gasteiger partial charge is 0.423 e. The quantitative estimate of drug-likeness (QED) is 0.682. The van der Waals surface area contributed by atoms with Gasteiger partial charge in [-0.05, 0) is 0 Å². The first-order valence-electron chi connectivity index (χ1n) is 6.92. The molecular weight excluding hydrogens is 335 g/mol. The number of aromatic amines is 1. The van der Waals surface area contributed by atoms with E-state index in [1.54, 1.807) is 11.1 Å². The summed E-state index contributed by atoms with van der Waals surface area (Å²) >= 11 is 0. The SMILES string of the molecule is N#CCC[C@]1(n2cc(C(F)(F)F)c(=O)[nH]c2=O)C[C@H](O)[C@@H](CO)O1. The van der Waals surface area contributed by atoms with Crippen molar-refractivity contribution in [3.8, 4) is 6.07 Å². The molecule has 0 radical (unpaired) electrons. The van der Waals surface area contributed by atoms with Gasteiger partial charge < -0.3 is 14.9 Å². The Kier molecular flexibility index (Phi) is 4.84. The second kappa shape index (κ2) is 6.39. The molecule has 0 unspecified atom stereocenters. The number of aliphatic hydroxyl groups is 2. The Balaban J connectivity index is 2.62. The van der Waals surface area contributed by atoms with Gasteiger partial charge in [-0.3, -0.25) is 14.3 Å². The van der Waals surface area contributed by atoms with Gasteiger partial charge in [0.1, 0.15) is 11.7 Å². The van der Waals surface area contributed by atoms with Crippen LogP contribution in [0, 0.1) is 11.3 Å². The minimum absolute atomic E-state index is 0.183. The Labute approximate surface area is 132 Å². The molecule has 2 heterocycles. The number of alkyl halides is 3. The third-order valence-corrected chi connectivity index (χ3v) is 3.82. The molecule has 0 bridgehead atoms. The van der Waals surface area contributed by atoms with Crippen molar-refractivity contribution in [1.29, 1.82) is 5.26 Å². The molecule has 3 atom stereocenters.